The second-order valence-electron chi connectivity index (χ2n) is 4.86. The van der Waals surface area contributed by atoms with E-state index in [1.807, 2.05) is 25.2 Å². The van der Waals surface area contributed by atoms with Crippen molar-refractivity contribution in [2.24, 2.45) is 11.7 Å². The third kappa shape index (κ3) is 2.92. The van der Waals surface area contributed by atoms with E-state index in [2.05, 4.69) is 4.90 Å². The molecule has 0 heterocycles. The molecule has 3 nitrogen and oxygen atoms in total. The molecule has 0 spiro atoms. The van der Waals surface area contributed by atoms with Crippen molar-refractivity contribution in [2.75, 3.05) is 18.5 Å². The van der Waals surface area contributed by atoms with Crippen LogP contribution in [0.3, 0.4) is 0 Å². The van der Waals surface area contributed by atoms with Gasteiger partial charge in [0, 0.05) is 20.1 Å². The normalized spacial score (nSPS) is 23.3. The van der Waals surface area contributed by atoms with Crippen molar-refractivity contribution in [1.82, 2.24) is 0 Å². The maximum absolute atomic E-state index is 9.27. The summed E-state index contributed by atoms with van der Waals surface area (Å²) in [7, 11) is 2.04. The van der Waals surface area contributed by atoms with Gasteiger partial charge in [-0.05, 0) is 36.5 Å². The summed E-state index contributed by atoms with van der Waals surface area (Å²) >= 11 is 6.23. The van der Waals surface area contributed by atoms with E-state index in [0.29, 0.717) is 12.5 Å². The summed E-state index contributed by atoms with van der Waals surface area (Å²) < 4.78 is 0. The molecule has 0 radical (unpaired) electrons. The predicted octanol–water partition coefficient (Wildman–Crippen LogP) is 2.01. The lowest BCUT2D eigenvalue weighted by molar-refractivity contribution is 0.0465. The SMILES string of the molecule is CN(CC1CC(O)C1)c1ccc(CN)cc1Cl. The van der Waals surface area contributed by atoms with Crippen molar-refractivity contribution >= 4 is 17.3 Å². The van der Waals surface area contributed by atoms with E-state index in [4.69, 9.17) is 17.3 Å². The van der Waals surface area contributed by atoms with Crippen molar-refractivity contribution in [2.45, 2.75) is 25.5 Å². The number of anilines is 1. The smallest absolute Gasteiger partial charge is 0.0642 e. The van der Waals surface area contributed by atoms with Crippen LogP contribution >= 0.6 is 11.6 Å². The molecule has 1 saturated carbocycles. The van der Waals surface area contributed by atoms with Gasteiger partial charge in [-0.3, -0.25) is 0 Å². The second kappa shape index (κ2) is 5.25. The Bertz CT molecular complexity index is 391. The van der Waals surface area contributed by atoms with Gasteiger partial charge in [0.15, 0.2) is 0 Å². The Balaban J connectivity index is 2.01. The van der Waals surface area contributed by atoms with Crippen LogP contribution in [0.5, 0.6) is 0 Å². The van der Waals surface area contributed by atoms with E-state index in [1.165, 1.54) is 0 Å². The Hall–Kier alpha value is -0.770. The molecular formula is C13H19ClN2O. The molecular weight excluding hydrogens is 236 g/mol. The highest BCUT2D eigenvalue weighted by Crippen LogP contribution is 2.31. The molecule has 0 saturated heterocycles. The molecule has 0 aliphatic heterocycles. The van der Waals surface area contributed by atoms with Gasteiger partial charge in [-0.2, -0.15) is 0 Å². The number of aliphatic hydroxyl groups excluding tert-OH is 1. The summed E-state index contributed by atoms with van der Waals surface area (Å²) in [6, 6.07) is 5.94. The zero-order valence-corrected chi connectivity index (χ0v) is 10.8. The van der Waals surface area contributed by atoms with Crippen molar-refractivity contribution in [3.63, 3.8) is 0 Å². The lowest BCUT2D eigenvalue weighted by Gasteiger charge is -2.35. The number of halogens is 1. The first-order valence-corrected chi connectivity index (χ1v) is 6.35. The lowest BCUT2D eigenvalue weighted by atomic mass is 9.82. The zero-order chi connectivity index (χ0) is 12.4. The number of hydrogen-bond acceptors (Lipinski definition) is 3. The largest absolute Gasteiger partial charge is 0.393 e. The van der Waals surface area contributed by atoms with Gasteiger partial charge in [0.05, 0.1) is 16.8 Å². The van der Waals surface area contributed by atoms with Crippen molar-refractivity contribution in [1.29, 1.82) is 0 Å². The monoisotopic (exact) mass is 254 g/mol. The van der Waals surface area contributed by atoms with Gasteiger partial charge in [-0.15, -0.1) is 0 Å². The molecule has 1 aromatic rings. The van der Waals surface area contributed by atoms with Gasteiger partial charge in [-0.25, -0.2) is 0 Å². The van der Waals surface area contributed by atoms with Crippen LogP contribution in [-0.4, -0.2) is 24.8 Å². The summed E-state index contributed by atoms with van der Waals surface area (Å²) in [6.45, 7) is 1.46. The number of nitrogens with two attached hydrogens (primary N) is 1. The third-order valence-electron chi connectivity index (χ3n) is 3.40. The Labute approximate surface area is 107 Å². The fourth-order valence-electron chi connectivity index (χ4n) is 2.32. The first-order chi connectivity index (χ1) is 8.10. The van der Waals surface area contributed by atoms with Crippen LogP contribution in [0.2, 0.25) is 5.02 Å². The molecule has 3 N–H and O–H groups in total. The fraction of sp³-hybridized carbons (Fsp3) is 0.538. The van der Waals surface area contributed by atoms with Crippen LogP contribution in [0.1, 0.15) is 18.4 Å². The molecule has 0 amide bonds. The average molecular weight is 255 g/mol. The predicted molar refractivity (Wildman–Crippen MR) is 71.3 cm³/mol. The molecule has 1 aliphatic rings. The second-order valence-corrected chi connectivity index (χ2v) is 5.27. The number of benzene rings is 1. The highest BCUT2D eigenvalue weighted by Gasteiger charge is 2.28. The molecule has 0 atom stereocenters. The summed E-state index contributed by atoms with van der Waals surface area (Å²) in [5.41, 5.74) is 7.65. The van der Waals surface area contributed by atoms with Crippen LogP contribution in [0.4, 0.5) is 5.69 Å². The molecule has 4 heteroatoms. The van der Waals surface area contributed by atoms with Crippen molar-refractivity contribution in [3.05, 3.63) is 28.8 Å². The van der Waals surface area contributed by atoms with E-state index < -0.39 is 0 Å². The van der Waals surface area contributed by atoms with E-state index in [9.17, 15) is 5.11 Å². The fourth-order valence-corrected chi connectivity index (χ4v) is 2.67. The van der Waals surface area contributed by atoms with Crippen LogP contribution in [0.15, 0.2) is 18.2 Å². The minimum absolute atomic E-state index is 0.0940. The molecule has 17 heavy (non-hydrogen) atoms. The average Bonchev–Trinajstić information content (AvgIpc) is 2.26. The highest BCUT2D eigenvalue weighted by molar-refractivity contribution is 6.33. The van der Waals surface area contributed by atoms with Gasteiger partial charge in [0.1, 0.15) is 0 Å². The highest BCUT2D eigenvalue weighted by atomic mass is 35.5. The summed E-state index contributed by atoms with van der Waals surface area (Å²) in [4.78, 5) is 2.15. The number of aliphatic hydroxyl groups is 1. The van der Waals surface area contributed by atoms with Crippen LogP contribution in [-0.2, 0) is 6.54 Å². The third-order valence-corrected chi connectivity index (χ3v) is 3.70. The minimum Gasteiger partial charge on any atom is -0.393 e. The molecule has 1 aliphatic carbocycles. The van der Waals surface area contributed by atoms with E-state index in [1.54, 1.807) is 0 Å². The zero-order valence-electron chi connectivity index (χ0n) is 10.1. The Kier molecular flexibility index (Phi) is 3.92. The molecule has 1 aromatic carbocycles. The molecule has 1 fully saturated rings. The Morgan fingerprint density at radius 3 is 2.71 bits per heavy atom. The molecule has 94 valence electrons. The molecule has 0 unspecified atom stereocenters. The molecule has 0 aromatic heterocycles. The first kappa shape index (κ1) is 12.7. The topological polar surface area (TPSA) is 49.5 Å². The number of hydrogen-bond donors (Lipinski definition) is 2. The van der Waals surface area contributed by atoms with Crippen LogP contribution in [0.25, 0.3) is 0 Å². The van der Waals surface area contributed by atoms with Crippen molar-refractivity contribution in [3.8, 4) is 0 Å². The Morgan fingerprint density at radius 1 is 1.47 bits per heavy atom. The number of rotatable bonds is 4. The van der Waals surface area contributed by atoms with Gasteiger partial charge in [0.2, 0.25) is 0 Å². The summed E-state index contributed by atoms with van der Waals surface area (Å²) in [5.74, 6) is 0.584. The van der Waals surface area contributed by atoms with E-state index in [-0.39, 0.29) is 6.10 Å². The van der Waals surface area contributed by atoms with Crippen LogP contribution in [0, 0.1) is 5.92 Å². The Morgan fingerprint density at radius 2 is 2.18 bits per heavy atom. The number of nitrogens with zero attached hydrogens (tertiary/aromatic N) is 1. The maximum Gasteiger partial charge on any atom is 0.0642 e. The van der Waals surface area contributed by atoms with E-state index in [0.717, 1.165) is 35.7 Å². The minimum atomic E-state index is -0.0940. The van der Waals surface area contributed by atoms with Gasteiger partial charge < -0.3 is 15.7 Å². The van der Waals surface area contributed by atoms with Gasteiger partial charge >= 0.3 is 0 Å². The van der Waals surface area contributed by atoms with Gasteiger partial charge in [0.25, 0.3) is 0 Å². The standard InChI is InChI=1S/C13H19ClN2O/c1-16(8-10-4-11(17)5-10)13-3-2-9(7-15)6-12(13)14/h2-3,6,10-11,17H,4-5,7-8,15H2,1H3. The molecule has 2 rings (SSSR count). The summed E-state index contributed by atoms with van der Waals surface area (Å²) in [5, 5.41) is 10.0. The van der Waals surface area contributed by atoms with Crippen LogP contribution < -0.4 is 10.6 Å². The quantitative estimate of drug-likeness (QED) is 0.864. The molecule has 0 bridgehead atoms. The van der Waals surface area contributed by atoms with Gasteiger partial charge in [-0.1, -0.05) is 17.7 Å². The lowest BCUT2D eigenvalue weighted by Crippen LogP contribution is -2.37. The summed E-state index contributed by atoms with van der Waals surface area (Å²) in [6.07, 6.45) is 1.72. The van der Waals surface area contributed by atoms with E-state index >= 15 is 0 Å². The maximum atomic E-state index is 9.27. The first-order valence-electron chi connectivity index (χ1n) is 5.98. The van der Waals surface area contributed by atoms with Crippen molar-refractivity contribution < 1.29 is 5.11 Å².